The van der Waals surface area contributed by atoms with Crippen molar-refractivity contribution in [2.75, 3.05) is 6.54 Å². The molecule has 0 saturated carbocycles. The molecule has 18 heavy (non-hydrogen) atoms. The Hall–Kier alpha value is -1.01. The van der Waals surface area contributed by atoms with Gasteiger partial charge in [-0.1, -0.05) is 28.1 Å². The quantitative estimate of drug-likeness (QED) is 0.870. The van der Waals surface area contributed by atoms with Crippen molar-refractivity contribution in [2.45, 2.75) is 25.0 Å². The second-order valence-corrected chi connectivity index (χ2v) is 5.14. The molecule has 1 aliphatic rings. The van der Waals surface area contributed by atoms with Crippen LogP contribution in [0.15, 0.2) is 28.7 Å². The van der Waals surface area contributed by atoms with Crippen LogP contribution < -0.4 is 5.32 Å². The number of benzene rings is 1. The summed E-state index contributed by atoms with van der Waals surface area (Å²) in [6, 6.07) is 6.34. The Balaban J connectivity index is 1.84. The first-order chi connectivity index (χ1) is 8.46. The number of ether oxygens (including phenoxy) is 1. The number of esters is 1. The second kappa shape index (κ2) is 5.32. The predicted octanol–water partition coefficient (Wildman–Crippen LogP) is 2.49. The van der Waals surface area contributed by atoms with E-state index in [1.54, 1.807) is 12.1 Å². The molecule has 6 heteroatoms. The van der Waals surface area contributed by atoms with Crippen molar-refractivity contribution in [3.63, 3.8) is 0 Å². The van der Waals surface area contributed by atoms with Gasteiger partial charge in [-0.2, -0.15) is 0 Å². The summed E-state index contributed by atoms with van der Waals surface area (Å²) < 4.78 is 31.7. The van der Waals surface area contributed by atoms with Crippen molar-refractivity contribution in [3.8, 4) is 0 Å². The molecule has 3 nitrogen and oxygen atoms in total. The van der Waals surface area contributed by atoms with Gasteiger partial charge in [-0.25, -0.2) is 8.78 Å². The zero-order valence-electron chi connectivity index (χ0n) is 9.46. The maximum absolute atomic E-state index is 12.9. The van der Waals surface area contributed by atoms with Gasteiger partial charge in [0.1, 0.15) is 12.6 Å². The number of hydrogen-bond acceptors (Lipinski definition) is 3. The molecular weight excluding hydrogens is 308 g/mol. The summed E-state index contributed by atoms with van der Waals surface area (Å²) in [6.45, 7) is -0.374. The van der Waals surface area contributed by atoms with E-state index >= 15 is 0 Å². The lowest BCUT2D eigenvalue weighted by Gasteiger charge is -2.10. The lowest BCUT2D eigenvalue weighted by Crippen LogP contribution is -2.32. The third kappa shape index (κ3) is 3.49. The van der Waals surface area contributed by atoms with E-state index in [0.717, 1.165) is 10.0 Å². The number of halogens is 3. The summed E-state index contributed by atoms with van der Waals surface area (Å²) in [4.78, 5) is 11.5. The van der Waals surface area contributed by atoms with E-state index in [2.05, 4.69) is 21.2 Å². The molecule has 0 radical (unpaired) electrons. The number of carbonyl (C=O) groups is 1. The van der Waals surface area contributed by atoms with E-state index in [0.29, 0.717) is 0 Å². The Morgan fingerprint density at radius 3 is 2.67 bits per heavy atom. The maximum Gasteiger partial charge on any atom is 0.323 e. The van der Waals surface area contributed by atoms with Gasteiger partial charge in [0.25, 0.3) is 5.92 Å². The predicted molar refractivity (Wildman–Crippen MR) is 65.3 cm³/mol. The van der Waals surface area contributed by atoms with E-state index in [1.165, 1.54) is 0 Å². The molecule has 1 saturated heterocycles. The Morgan fingerprint density at radius 2 is 2.11 bits per heavy atom. The van der Waals surface area contributed by atoms with Crippen LogP contribution >= 0.6 is 15.9 Å². The van der Waals surface area contributed by atoms with Gasteiger partial charge in [0, 0.05) is 10.9 Å². The fraction of sp³-hybridized carbons (Fsp3) is 0.417. The molecule has 1 atom stereocenters. The van der Waals surface area contributed by atoms with Gasteiger partial charge in [-0.15, -0.1) is 0 Å². The van der Waals surface area contributed by atoms with E-state index in [9.17, 15) is 13.6 Å². The van der Waals surface area contributed by atoms with Crippen molar-refractivity contribution in [2.24, 2.45) is 0 Å². The molecule has 0 aliphatic carbocycles. The molecule has 98 valence electrons. The normalized spacial score (nSPS) is 21.8. The first kappa shape index (κ1) is 13.4. The Kier molecular flexibility index (Phi) is 3.97. The van der Waals surface area contributed by atoms with Crippen molar-refractivity contribution in [3.05, 3.63) is 34.3 Å². The molecule has 2 rings (SSSR count). The third-order valence-electron chi connectivity index (χ3n) is 2.69. The van der Waals surface area contributed by atoms with E-state index < -0.39 is 30.9 Å². The van der Waals surface area contributed by atoms with Gasteiger partial charge < -0.3 is 4.74 Å². The summed E-state index contributed by atoms with van der Waals surface area (Å²) >= 11 is 3.29. The van der Waals surface area contributed by atoms with Crippen LogP contribution in [-0.2, 0) is 16.1 Å². The monoisotopic (exact) mass is 319 g/mol. The molecule has 1 heterocycles. The van der Waals surface area contributed by atoms with Gasteiger partial charge in [-0.3, -0.25) is 10.1 Å². The first-order valence-corrected chi connectivity index (χ1v) is 6.28. The fourth-order valence-corrected chi connectivity index (χ4v) is 1.98. The lowest BCUT2D eigenvalue weighted by atomic mass is 10.2. The molecule has 1 aromatic rings. The Labute approximate surface area is 112 Å². The summed E-state index contributed by atoms with van der Waals surface area (Å²) in [5.74, 6) is -3.45. The highest BCUT2D eigenvalue weighted by atomic mass is 79.9. The zero-order chi connectivity index (χ0) is 13.2. The first-order valence-electron chi connectivity index (χ1n) is 5.49. The SMILES string of the molecule is O=C(OCc1ccc(Br)cc1)[C@@H]1CC(F)(F)CN1. The smallest absolute Gasteiger partial charge is 0.323 e. The van der Waals surface area contributed by atoms with Crippen molar-refractivity contribution >= 4 is 21.9 Å². The number of carbonyl (C=O) groups excluding carboxylic acids is 1. The highest BCUT2D eigenvalue weighted by Crippen LogP contribution is 2.25. The van der Waals surface area contributed by atoms with Crippen LogP contribution in [0.5, 0.6) is 0 Å². The van der Waals surface area contributed by atoms with Gasteiger partial charge in [-0.05, 0) is 17.7 Å². The fourth-order valence-electron chi connectivity index (χ4n) is 1.72. The standard InChI is InChI=1S/C12H12BrF2NO2/c13-9-3-1-8(2-4-9)6-18-11(17)10-5-12(14,15)7-16-10/h1-4,10,16H,5-7H2/t10-/m0/s1. The largest absolute Gasteiger partial charge is 0.460 e. The summed E-state index contributed by atoms with van der Waals surface area (Å²) in [7, 11) is 0. The maximum atomic E-state index is 12.9. The minimum atomic E-state index is -2.82. The molecular formula is C12H12BrF2NO2. The average molecular weight is 320 g/mol. The number of nitrogens with one attached hydrogen (secondary N) is 1. The molecule has 1 fully saturated rings. The van der Waals surface area contributed by atoms with Crippen molar-refractivity contribution < 1.29 is 18.3 Å². The van der Waals surface area contributed by atoms with Crippen molar-refractivity contribution in [1.29, 1.82) is 0 Å². The number of alkyl halides is 2. The molecule has 1 aliphatic heterocycles. The number of rotatable bonds is 3. The van der Waals surface area contributed by atoms with Gasteiger partial charge in [0.15, 0.2) is 0 Å². The third-order valence-corrected chi connectivity index (χ3v) is 3.22. The highest BCUT2D eigenvalue weighted by molar-refractivity contribution is 9.10. The van der Waals surface area contributed by atoms with E-state index in [4.69, 9.17) is 4.74 Å². The van der Waals surface area contributed by atoms with E-state index in [-0.39, 0.29) is 6.61 Å². The van der Waals surface area contributed by atoms with E-state index in [1.807, 2.05) is 12.1 Å². The topological polar surface area (TPSA) is 38.3 Å². The second-order valence-electron chi connectivity index (χ2n) is 4.23. The van der Waals surface area contributed by atoms with Gasteiger partial charge in [0.05, 0.1) is 6.54 Å². The highest BCUT2D eigenvalue weighted by Gasteiger charge is 2.43. The van der Waals surface area contributed by atoms with Crippen LogP contribution in [0.2, 0.25) is 0 Å². The van der Waals surface area contributed by atoms with Gasteiger partial charge in [0.2, 0.25) is 0 Å². The van der Waals surface area contributed by atoms with Crippen molar-refractivity contribution in [1.82, 2.24) is 5.32 Å². The Morgan fingerprint density at radius 1 is 1.44 bits per heavy atom. The van der Waals surface area contributed by atoms with Crippen LogP contribution in [0.25, 0.3) is 0 Å². The summed E-state index contributed by atoms with van der Waals surface area (Å²) in [5, 5.41) is 2.46. The molecule has 0 aromatic heterocycles. The lowest BCUT2D eigenvalue weighted by molar-refractivity contribution is -0.147. The molecule has 1 aromatic carbocycles. The summed E-state index contributed by atoms with van der Waals surface area (Å²) in [5.41, 5.74) is 0.816. The van der Waals surface area contributed by atoms with Crippen LogP contribution in [0, 0.1) is 0 Å². The van der Waals surface area contributed by atoms with Crippen LogP contribution in [0.1, 0.15) is 12.0 Å². The van der Waals surface area contributed by atoms with Crippen LogP contribution in [0.3, 0.4) is 0 Å². The molecule has 0 bridgehead atoms. The average Bonchev–Trinajstić information content (AvgIpc) is 2.69. The molecule has 0 unspecified atom stereocenters. The molecule has 0 spiro atoms. The van der Waals surface area contributed by atoms with Crippen LogP contribution in [-0.4, -0.2) is 24.5 Å². The Bertz CT molecular complexity index is 436. The minimum absolute atomic E-state index is 0.0931. The number of hydrogen-bond donors (Lipinski definition) is 1. The van der Waals surface area contributed by atoms with Gasteiger partial charge >= 0.3 is 5.97 Å². The minimum Gasteiger partial charge on any atom is -0.460 e. The molecule has 1 N–H and O–H groups in total. The summed E-state index contributed by atoms with van der Waals surface area (Å²) in [6.07, 6.45) is -0.494. The van der Waals surface area contributed by atoms with Crippen LogP contribution in [0.4, 0.5) is 8.78 Å². The zero-order valence-corrected chi connectivity index (χ0v) is 11.0. The molecule has 0 amide bonds.